The van der Waals surface area contributed by atoms with E-state index in [1.54, 1.807) is 11.3 Å². The summed E-state index contributed by atoms with van der Waals surface area (Å²) >= 11 is 1.64. The van der Waals surface area contributed by atoms with Crippen LogP contribution in [0, 0.1) is 0 Å². The van der Waals surface area contributed by atoms with E-state index in [0.717, 1.165) is 64.7 Å². The maximum atomic E-state index is 10.2. The van der Waals surface area contributed by atoms with Crippen LogP contribution in [-0.4, -0.2) is 47.8 Å². The molecule has 4 aromatic rings. The summed E-state index contributed by atoms with van der Waals surface area (Å²) in [6.07, 6.45) is 7.48. The number of aliphatic hydroxyl groups is 1. The summed E-state index contributed by atoms with van der Waals surface area (Å²) in [5, 5.41) is 21.9. The largest absolute Gasteiger partial charge is 0.481 e. The minimum atomic E-state index is -0.833. The fourth-order valence-corrected chi connectivity index (χ4v) is 4.97. The highest BCUT2D eigenvalue weighted by atomic mass is 32.1. The zero-order valence-corrected chi connectivity index (χ0v) is 19.3. The quantitative estimate of drug-likeness (QED) is 0.350. The van der Waals surface area contributed by atoms with Crippen molar-refractivity contribution in [3.05, 3.63) is 47.9 Å². The van der Waals surface area contributed by atoms with Gasteiger partial charge in [0.25, 0.3) is 5.97 Å². The van der Waals surface area contributed by atoms with Crippen LogP contribution in [0.1, 0.15) is 43.7 Å². The first-order valence-corrected chi connectivity index (χ1v) is 11.8. The number of anilines is 1. The number of hydrogen-bond acceptors (Lipinski definition) is 8. The molecule has 33 heavy (non-hydrogen) atoms. The predicted molar refractivity (Wildman–Crippen MR) is 129 cm³/mol. The van der Waals surface area contributed by atoms with Crippen LogP contribution in [0.2, 0.25) is 0 Å². The van der Waals surface area contributed by atoms with Gasteiger partial charge in [0.05, 0.1) is 35.2 Å². The molecule has 0 saturated heterocycles. The van der Waals surface area contributed by atoms with E-state index in [0.29, 0.717) is 13.1 Å². The van der Waals surface area contributed by atoms with Crippen molar-refractivity contribution in [2.45, 2.75) is 57.8 Å². The van der Waals surface area contributed by atoms with Gasteiger partial charge in [-0.1, -0.05) is 30.2 Å². The molecule has 3 aromatic heterocycles. The Morgan fingerprint density at radius 1 is 1.21 bits per heavy atom. The van der Waals surface area contributed by atoms with Crippen molar-refractivity contribution in [2.24, 2.45) is 5.73 Å². The summed E-state index contributed by atoms with van der Waals surface area (Å²) < 4.78 is 3.19. The van der Waals surface area contributed by atoms with E-state index in [9.17, 15) is 5.11 Å². The topological polar surface area (TPSA) is 139 Å². The van der Waals surface area contributed by atoms with Crippen molar-refractivity contribution in [2.75, 3.05) is 5.32 Å². The zero-order chi connectivity index (χ0) is 23.4. The fourth-order valence-electron chi connectivity index (χ4n) is 3.98. The number of nitrogens with two attached hydrogens (primary N) is 1. The van der Waals surface area contributed by atoms with Crippen molar-refractivity contribution in [1.29, 1.82) is 0 Å². The molecule has 10 heteroatoms. The maximum absolute atomic E-state index is 10.2. The van der Waals surface area contributed by atoms with Gasteiger partial charge in [0, 0.05) is 19.7 Å². The Kier molecular flexibility index (Phi) is 7.17. The molecule has 5 rings (SSSR count). The van der Waals surface area contributed by atoms with Crippen LogP contribution in [0.4, 0.5) is 5.13 Å². The van der Waals surface area contributed by atoms with Crippen LogP contribution in [0.3, 0.4) is 0 Å². The first-order chi connectivity index (χ1) is 15.9. The van der Waals surface area contributed by atoms with Gasteiger partial charge in [0.2, 0.25) is 0 Å². The molecule has 1 aliphatic rings. The summed E-state index contributed by atoms with van der Waals surface area (Å²) in [4.78, 5) is 22.7. The third-order valence-electron chi connectivity index (χ3n) is 5.59. The smallest absolute Gasteiger partial charge is 0.300 e. The van der Waals surface area contributed by atoms with E-state index in [2.05, 4.69) is 38.1 Å². The lowest BCUT2D eigenvalue weighted by molar-refractivity contribution is -0.134. The average molecular weight is 469 g/mol. The number of hydrogen-bond donors (Lipinski definition) is 4. The summed E-state index contributed by atoms with van der Waals surface area (Å²) in [6.45, 7) is 2.25. The first kappa shape index (κ1) is 23.1. The van der Waals surface area contributed by atoms with Crippen molar-refractivity contribution in [3.63, 3.8) is 0 Å². The number of imidazole rings is 1. The standard InChI is InChI=1S/C21H24N6OS.C2H4O2/c22-9-14-7-17-20(23-10-14)27(12-24-17)11-13-5-6-16-19(8-13)29-21(26-16)25-15-3-1-2-4-18(15)28;1-2(3)4/h5-8,10,12,15,18,28H,1-4,9,11,22H2,(H,25,26);1H3,(H,3,4)/t15-,18-;/m1./s1. The molecule has 5 N–H and O–H groups in total. The second-order valence-corrected chi connectivity index (χ2v) is 9.24. The summed E-state index contributed by atoms with van der Waals surface area (Å²) in [7, 11) is 0. The monoisotopic (exact) mass is 468 g/mol. The van der Waals surface area contributed by atoms with Crippen LogP contribution >= 0.6 is 11.3 Å². The number of aliphatic carboxylic acids is 1. The molecule has 0 unspecified atom stereocenters. The molecule has 0 aliphatic heterocycles. The lowest BCUT2D eigenvalue weighted by atomic mass is 9.93. The molecular formula is C23H28N6O3S. The van der Waals surface area contributed by atoms with Gasteiger partial charge in [0.15, 0.2) is 10.8 Å². The Balaban J connectivity index is 0.000000601. The third kappa shape index (κ3) is 5.65. The highest BCUT2D eigenvalue weighted by Gasteiger charge is 2.23. The van der Waals surface area contributed by atoms with Crippen LogP contribution in [0.5, 0.6) is 0 Å². The molecule has 0 amide bonds. The van der Waals surface area contributed by atoms with Gasteiger partial charge in [0.1, 0.15) is 5.52 Å². The Morgan fingerprint density at radius 3 is 2.76 bits per heavy atom. The number of aliphatic hydroxyl groups excluding tert-OH is 1. The molecule has 1 aromatic carbocycles. The highest BCUT2D eigenvalue weighted by Crippen LogP contribution is 2.30. The number of aromatic nitrogens is 4. The predicted octanol–water partition coefficient (Wildman–Crippen LogP) is 3.35. The number of nitrogens with one attached hydrogen (secondary N) is 1. The number of benzene rings is 1. The number of carboxylic acids is 1. The van der Waals surface area contributed by atoms with Gasteiger partial charge in [-0.05, 0) is 42.2 Å². The van der Waals surface area contributed by atoms with Gasteiger partial charge < -0.3 is 25.8 Å². The van der Waals surface area contributed by atoms with Gasteiger partial charge in [-0.25, -0.2) is 15.0 Å². The zero-order valence-electron chi connectivity index (χ0n) is 18.4. The number of carbonyl (C=O) groups is 1. The lowest BCUT2D eigenvalue weighted by Gasteiger charge is -2.27. The van der Waals surface area contributed by atoms with E-state index < -0.39 is 5.97 Å². The van der Waals surface area contributed by atoms with Crippen molar-refractivity contribution in [1.82, 2.24) is 19.5 Å². The normalized spacial score (nSPS) is 18.2. The Bertz CT molecular complexity index is 1250. The van der Waals surface area contributed by atoms with Gasteiger partial charge in [-0.15, -0.1) is 0 Å². The minimum Gasteiger partial charge on any atom is -0.481 e. The summed E-state index contributed by atoms with van der Waals surface area (Å²) in [5.74, 6) is -0.833. The summed E-state index contributed by atoms with van der Waals surface area (Å²) in [6, 6.07) is 8.42. The lowest BCUT2D eigenvalue weighted by Crippen LogP contribution is -2.36. The molecule has 0 bridgehead atoms. The Morgan fingerprint density at radius 2 is 2.00 bits per heavy atom. The maximum Gasteiger partial charge on any atom is 0.300 e. The van der Waals surface area contributed by atoms with Crippen molar-refractivity contribution >= 4 is 43.8 Å². The minimum absolute atomic E-state index is 0.102. The van der Waals surface area contributed by atoms with Crippen molar-refractivity contribution < 1.29 is 15.0 Å². The molecule has 2 atom stereocenters. The SMILES string of the molecule is CC(=O)O.NCc1cnc2c(c1)ncn2Cc1ccc2nc(N[C@@H]3CCCC[C@H]3O)sc2c1. The number of thiazole rings is 1. The molecule has 9 nitrogen and oxygen atoms in total. The second-order valence-electron chi connectivity index (χ2n) is 8.21. The molecule has 174 valence electrons. The average Bonchev–Trinajstić information content (AvgIpc) is 3.37. The molecule has 0 radical (unpaired) electrons. The highest BCUT2D eigenvalue weighted by molar-refractivity contribution is 7.22. The first-order valence-electron chi connectivity index (χ1n) is 11.0. The number of pyridine rings is 1. The Labute approximate surface area is 195 Å². The Hall–Kier alpha value is -3.08. The van der Waals surface area contributed by atoms with Crippen LogP contribution < -0.4 is 11.1 Å². The van der Waals surface area contributed by atoms with E-state index in [1.165, 1.54) is 5.56 Å². The van der Waals surface area contributed by atoms with E-state index in [4.69, 9.17) is 20.6 Å². The van der Waals surface area contributed by atoms with Crippen LogP contribution in [0.15, 0.2) is 36.8 Å². The van der Waals surface area contributed by atoms with Crippen LogP contribution in [0.25, 0.3) is 21.4 Å². The molecule has 1 aliphatic carbocycles. The van der Waals surface area contributed by atoms with Crippen LogP contribution in [-0.2, 0) is 17.9 Å². The van der Waals surface area contributed by atoms with E-state index in [1.807, 2.05) is 18.6 Å². The number of rotatable bonds is 5. The molecule has 3 heterocycles. The molecule has 0 spiro atoms. The van der Waals surface area contributed by atoms with E-state index in [-0.39, 0.29) is 12.1 Å². The molecule has 1 fully saturated rings. The van der Waals surface area contributed by atoms with E-state index >= 15 is 0 Å². The van der Waals surface area contributed by atoms with Gasteiger partial charge >= 0.3 is 0 Å². The van der Waals surface area contributed by atoms with Crippen molar-refractivity contribution in [3.8, 4) is 0 Å². The molecule has 1 saturated carbocycles. The summed E-state index contributed by atoms with van der Waals surface area (Å²) in [5.41, 5.74) is 10.6. The third-order valence-corrected chi connectivity index (χ3v) is 6.54. The fraction of sp³-hybridized carbons (Fsp3) is 0.391. The second kappa shape index (κ2) is 10.2. The number of fused-ring (bicyclic) bond motifs is 2. The van der Waals surface area contributed by atoms with Gasteiger partial charge in [-0.2, -0.15) is 0 Å². The molecular weight excluding hydrogens is 440 g/mol. The number of nitrogens with zero attached hydrogens (tertiary/aromatic N) is 4. The number of carboxylic acid groups (broad SMARTS) is 1. The van der Waals surface area contributed by atoms with Gasteiger partial charge in [-0.3, -0.25) is 4.79 Å².